The zero-order chi connectivity index (χ0) is 19.1. The summed E-state index contributed by atoms with van der Waals surface area (Å²) in [4.78, 5) is 0. The Morgan fingerprint density at radius 2 is 1.93 bits per heavy atom. The molecule has 0 aliphatic carbocycles. The lowest BCUT2D eigenvalue weighted by molar-refractivity contribution is 0.110. The number of rotatable bonds is 9. The van der Waals surface area contributed by atoms with Gasteiger partial charge in [0.15, 0.2) is 11.5 Å². The van der Waals surface area contributed by atoms with Crippen LogP contribution >= 0.6 is 15.9 Å². The average Bonchev–Trinajstić information content (AvgIpc) is 3.18. The first-order valence-corrected chi connectivity index (χ1v) is 10.4. The number of ether oxygens (including phenoxy) is 3. The Balaban J connectivity index is 1.64. The predicted octanol–water partition coefficient (Wildman–Crippen LogP) is 5.00. The predicted molar refractivity (Wildman–Crippen MR) is 112 cm³/mol. The normalized spacial score (nSPS) is 16.5. The molecule has 0 saturated carbocycles. The number of benzene rings is 2. The molecule has 1 fully saturated rings. The van der Waals surface area contributed by atoms with Crippen molar-refractivity contribution >= 4 is 15.9 Å². The smallest absolute Gasteiger partial charge is 0.162 e. The first-order valence-electron chi connectivity index (χ1n) is 9.61. The van der Waals surface area contributed by atoms with Crippen molar-refractivity contribution in [2.75, 3.05) is 19.8 Å². The van der Waals surface area contributed by atoms with Crippen LogP contribution in [0.3, 0.4) is 0 Å². The van der Waals surface area contributed by atoms with Gasteiger partial charge in [0, 0.05) is 24.2 Å². The van der Waals surface area contributed by atoms with Gasteiger partial charge < -0.3 is 19.5 Å². The van der Waals surface area contributed by atoms with Gasteiger partial charge in [-0.3, -0.25) is 0 Å². The maximum atomic E-state index is 6.04. The first kappa shape index (κ1) is 20.2. The van der Waals surface area contributed by atoms with Crippen LogP contribution in [0.15, 0.2) is 40.9 Å². The van der Waals surface area contributed by atoms with Crippen LogP contribution in [0.2, 0.25) is 0 Å². The summed E-state index contributed by atoms with van der Waals surface area (Å²) < 4.78 is 18.5. The van der Waals surface area contributed by atoms with E-state index in [0.717, 1.165) is 59.6 Å². The van der Waals surface area contributed by atoms with E-state index < -0.39 is 0 Å². The number of halogens is 1. The topological polar surface area (TPSA) is 39.7 Å². The Kier molecular flexibility index (Phi) is 7.56. The summed E-state index contributed by atoms with van der Waals surface area (Å²) in [6.07, 6.45) is 2.65. The Bertz CT molecular complexity index is 727. The molecule has 0 aromatic heterocycles. The van der Waals surface area contributed by atoms with Gasteiger partial charge in [0.1, 0.15) is 6.61 Å². The summed E-state index contributed by atoms with van der Waals surface area (Å²) in [6, 6.07) is 12.4. The minimum absolute atomic E-state index is 0.340. The molecule has 2 aromatic carbocycles. The van der Waals surface area contributed by atoms with E-state index in [0.29, 0.717) is 19.3 Å². The highest BCUT2D eigenvalue weighted by Gasteiger charge is 2.16. The van der Waals surface area contributed by atoms with Gasteiger partial charge in [-0.05, 0) is 49.9 Å². The van der Waals surface area contributed by atoms with Crippen LogP contribution in [0.5, 0.6) is 11.5 Å². The van der Waals surface area contributed by atoms with Gasteiger partial charge >= 0.3 is 0 Å². The van der Waals surface area contributed by atoms with Crippen molar-refractivity contribution in [2.45, 2.75) is 45.9 Å². The molecular formula is C22H28BrNO3. The molecule has 1 N–H and O–H groups in total. The average molecular weight is 434 g/mol. The molecule has 5 heteroatoms. The van der Waals surface area contributed by atoms with Gasteiger partial charge in [-0.15, -0.1) is 0 Å². The number of nitrogens with one attached hydrogen (secondary N) is 1. The molecule has 27 heavy (non-hydrogen) atoms. The summed E-state index contributed by atoms with van der Waals surface area (Å²) in [7, 11) is 0. The summed E-state index contributed by atoms with van der Waals surface area (Å²) in [5.74, 6) is 1.54. The fraction of sp³-hybridized carbons (Fsp3) is 0.455. The van der Waals surface area contributed by atoms with E-state index in [4.69, 9.17) is 14.2 Å². The van der Waals surface area contributed by atoms with Gasteiger partial charge in [0.25, 0.3) is 0 Å². The Morgan fingerprint density at radius 3 is 2.63 bits per heavy atom. The van der Waals surface area contributed by atoms with Gasteiger partial charge in [0.2, 0.25) is 0 Å². The second-order valence-corrected chi connectivity index (χ2v) is 7.72. The highest BCUT2D eigenvalue weighted by atomic mass is 79.9. The van der Waals surface area contributed by atoms with Crippen LogP contribution in [-0.2, 0) is 17.9 Å². The zero-order valence-corrected chi connectivity index (χ0v) is 17.7. The molecule has 0 radical (unpaired) electrons. The Labute approximate surface area is 170 Å². The lowest BCUT2D eigenvalue weighted by atomic mass is 10.1. The van der Waals surface area contributed by atoms with Crippen molar-refractivity contribution < 1.29 is 14.2 Å². The Morgan fingerprint density at radius 1 is 1.15 bits per heavy atom. The molecule has 0 bridgehead atoms. The summed E-state index contributed by atoms with van der Waals surface area (Å²) in [5.41, 5.74) is 3.54. The number of hydrogen-bond acceptors (Lipinski definition) is 4. The minimum Gasteiger partial charge on any atom is -0.490 e. The fourth-order valence-electron chi connectivity index (χ4n) is 3.11. The lowest BCUT2D eigenvalue weighted by Crippen LogP contribution is -2.25. The molecule has 1 aliphatic rings. The molecular weight excluding hydrogens is 406 g/mol. The van der Waals surface area contributed by atoms with Gasteiger partial charge in [-0.2, -0.15) is 0 Å². The van der Waals surface area contributed by atoms with Crippen LogP contribution in [0, 0.1) is 6.92 Å². The van der Waals surface area contributed by atoms with Gasteiger partial charge in [-0.1, -0.05) is 45.8 Å². The fourth-order valence-corrected chi connectivity index (χ4v) is 3.57. The van der Waals surface area contributed by atoms with Crippen molar-refractivity contribution in [2.24, 2.45) is 0 Å². The van der Waals surface area contributed by atoms with Crippen molar-refractivity contribution in [3.63, 3.8) is 0 Å². The molecule has 146 valence electrons. The highest BCUT2D eigenvalue weighted by molar-refractivity contribution is 9.10. The standard InChI is InChI=1S/C22H28BrNO3/c1-3-25-21-11-18(13-24-14-19-5-4-10-26-19)20(23)12-22(21)27-15-17-8-6-16(2)7-9-17/h6-9,11-12,19,24H,3-5,10,13-15H2,1-2H3. The van der Waals surface area contributed by atoms with E-state index in [2.05, 4.69) is 58.5 Å². The molecule has 0 amide bonds. The molecule has 4 nitrogen and oxygen atoms in total. The van der Waals surface area contributed by atoms with Crippen LogP contribution in [-0.4, -0.2) is 25.9 Å². The minimum atomic E-state index is 0.340. The van der Waals surface area contributed by atoms with Crippen LogP contribution in [0.1, 0.15) is 36.5 Å². The van der Waals surface area contributed by atoms with Crippen LogP contribution in [0.4, 0.5) is 0 Å². The monoisotopic (exact) mass is 433 g/mol. The second kappa shape index (κ2) is 10.1. The van der Waals surface area contributed by atoms with E-state index in [9.17, 15) is 0 Å². The van der Waals surface area contributed by atoms with Crippen molar-refractivity contribution in [1.82, 2.24) is 5.32 Å². The first-order chi connectivity index (χ1) is 13.2. The van der Waals surface area contributed by atoms with Gasteiger partial charge in [0.05, 0.1) is 12.7 Å². The van der Waals surface area contributed by atoms with E-state index >= 15 is 0 Å². The Hall–Kier alpha value is -1.56. The van der Waals surface area contributed by atoms with E-state index in [1.54, 1.807) is 0 Å². The maximum Gasteiger partial charge on any atom is 0.162 e. The molecule has 1 unspecified atom stereocenters. The van der Waals surface area contributed by atoms with E-state index in [1.807, 2.05) is 13.0 Å². The third kappa shape index (κ3) is 5.96. The summed E-state index contributed by atoms with van der Waals surface area (Å²) in [5, 5.41) is 3.48. The van der Waals surface area contributed by atoms with E-state index in [1.165, 1.54) is 5.56 Å². The largest absolute Gasteiger partial charge is 0.490 e. The molecule has 2 aromatic rings. The highest BCUT2D eigenvalue weighted by Crippen LogP contribution is 2.34. The van der Waals surface area contributed by atoms with Crippen molar-refractivity contribution in [3.8, 4) is 11.5 Å². The summed E-state index contributed by atoms with van der Waals surface area (Å²) in [6.45, 7) is 7.72. The van der Waals surface area contributed by atoms with Crippen LogP contribution in [0.25, 0.3) is 0 Å². The van der Waals surface area contributed by atoms with Crippen molar-refractivity contribution in [3.05, 3.63) is 57.6 Å². The molecule has 1 saturated heterocycles. The van der Waals surface area contributed by atoms with Gasteiger partial charge in [-0.25, -0.2) is 0 Å². The lowest BCUT2D eigenvalue weighted by Gasteiger charge is -2.16. The SMILES string of the molecule is CCOc1cc(CNCC2CCCO2)c(Br)cc1OCc1ccc(C)cc1. The van der Waals surface area contributed by atoms with Crippen LogP contribution < -0.4 is 14.8 Å². The quantitative estimate of drug-likeness (QED) is 0.603. The maximum absolute atomic E-state index is 6.04. The summed E-state index contributed by atoms with van der Waals surface area (Å²) >= 11 is 3.68. The third-order valence-corrected chi connectivity index (χ3v) is 5.38. The number of aryl methyl sites for hydroxylation is 1. The zero-order valence-electron chi connectivity index (χ0n) is 16.1. The number of hydrogen-bond donors (Lipinski definition) is 1. The third-order valence-electron chi connectivity index (χ3n) is 4.64. The van der Waals surface area contributed by atoms with E-state index in [-0.39, 0.29) is 0 Å². The van der Waals surface area contributed by atoms with Crippen molar-refractivity contribution in [1.29, 1.82) is 0 Å². The molecule has 1 atom stereocenters. The second-order valence-electron chi connectivity index (χ2n) is 6.86. The molecule has 1 aliphatic heterocycles. The molecule has 1 heterocycles. The molecule has 3 rings (SSSR count). The molecule has 0 spiro atoms.